The fourth-order valence-corrected chi connectivity index (χ4v) is 2.44. The number of fused-ring (bicyclic) bond motifs is 1. The minimum absolute atomic E-state index is 0.130. The summed E-state index contributed by atoms with van der Waals surface area (Å²) < 4.78 is 16.7. The first kappa shape index (κ1) is 16.4. The average Bonchev–Trinajstić information content (AvgIpc) is 2.87. The van der Waals surface area contributed by atoms with Crippen LogP contribution in [0.2, 0.25) is 0 Å². The van der Waals surface area contributed by atoms with Crippen molar-refractivity contribution in [3.63, 3.8) is 0 Å². The van der Waals surface area contributed by atoms with Gasteiger partial charge in [0.2, 0.25) is 5.91 Å². The number of amides is 2. The Balaban J connectivity index is 1.55. The lowest BCUT2D eigenvalue weighted by Crippen LogP contribution is -2.32. The quantitative estimate of drug-likeness (QED) is 0.831. The van der Waals surface area contributed by atoms with Crippen molar-refractivity contribution in [3.8, 4) is 11.5 Å². The van der Waals surface area contributed by atoms with E-state index in [1.807, 2.05) is 0 Å². The molecule has 0 fully saturated rings. The Labute approximate surface area is 146 Å². The van der Waals surface area contributed by atoms with Gasteiger partial charge in [0, 0.05) is 18.2 Å². The molecule has 0 unspecified atom stereocenters. The van der Waals surface area contributed by atoms with Crippen molar-refractivity contribution in [1.82, 2.24) is 5.32 Å². The van der Waals surface area contributed by atoms with Gasteiger partial charge < -0.3 is 24.5 Å². The molecule has 2 amide bonds. The van der Waals surface area contributed by atoms with Gasteiger partial charge in [-0.1, -0.05) is 0 Å². The second-order valence-electron chi connectivity index (χ2n) is 5.05. The van der Waals surface area contributed by atoms with Crippen molar-refractivity contribution in [2.45, 2.75) is 6.42 Å². The van der Waals surface area contributed by atoms with Crippen LogP contribution < -0.4 is 20.1 Å². The van der Waals surface area contributed by atoms with Crippen LogP contribution in [-0.2, 0) is 4.79 Å². The molecule has 0 saturated carbocycles. The second kappa shape index (κ2) is 7.39. The van der Waals surface area contributed by atoms with Gasteiger partial charge in [-0.05, 0) is 40.2 Å². The van der Waals surface area contributed by atoms with Crippen molar-refractivity contribution < 1.29 is 23.5 Å². The van der Waals surface area contributed by atoms with Gasteiger partial charge in [0.05, 0.1) is 19.8 Å². The molecule has 1 aliphatic heterocycles. The number of furan rings is 1. The number of hydrogen-bond acceptors (Lipinski definition) is 5. The first-order chi connectivity index (χ1) is 11.6. The third kappa shape index (κ3) is 4.08. The molecule has 7 nitrogen and oxygen atoms in total. The molecule has 1 aliphatic rings. The van der Waals surface area contributed by atoms with E-state index in [1.165, 1.54) is 6.07 Å². The molecule has 0 radical (unpaired) electrons. The standard InChI is InChI=1S/C16H15BrN2O5/c17-14-5-4-12(24-14)16(21)18-9-15(20)19-10-2-3-11-13(8-10)23-7-1-6-22-11/h2-5,8H,1,6-7,9H2,(H,18,21)(H,19,20). The maximum atomic E-state index is 12.0. The van der Waals surface area contributed by atoms with Crippen LogP contribution in [-0.4, -0.2) is 31.6 Å². The van der Waals surface area contributed by atoms with E-state index in [1.54, 1.807) is 24.3 Å². The van der Waals surface area contributed by atoms with Crippen LogP contribution in [0.4, 0.5) is 5.69 Å². The van der Waals surface area contributed by atoms with Crippen LogP contribution in [0.1, 0.15) is 17.0 Å². The molecule has 0 saturated heterocycles. The second-order valence-corrected chi connectivity index (χ2v) is 5.83. The van der Waals surface area contributed by atoms with Crippen LogP contribution in [0.15, 0.2) is 39.4 Å². The van der Waals surface area contributed by atoms with Gasteiger partial charge in [-0.15, -0.1) is 0 Å². The van der Waals surface area contributed by atoms with Crippen molar-refractivity contribution in [2.24, 2.45) is 0 Å². The Morgan fingerprint density at radius 2 is 1.88 bits per heavy atom. The molecule has 1 aromatic carbocycles. The first-order valence-corrected chi connectivity index (χ1v) is 8.14. The Morgan fingerprint density at radius 3 is 2.62 bits per heavy atom. The van der Waals surface area contributed by atoms with Crippen LogP contribution in [0.25, 0.3) is 0 Å². The summed E-state index contributed by atoms with van der Waals surface area (Å²) in [6.45, 7) is 0.998. The number of anilines is 1. The Morgan fingerprint density at radius 1 is 1.08 bits per heavy atom. The molecular weight excluding hydrogens is 380 g/mol. The highest BCUT2D eigenvalue weighted by molar-refractivity contribution is 9.10. The van der Waals surface area contributed by atoms with Crippen LogP contribution in [0.3, 0.4) is 0 Å². The predicted molar refractivity (Wildman–Crippen MR) is 89.4 cm³/mol. The largest absolute Gasteiger partial charge is 0.490 e. The molecule has 0 spiro atoms. The number of carbonyl (C=O) groups is 2. The van der Waals surface area contributed by atoms with Gasteiger partial charge in [-0.2, -0.15) is 0 Å². The zero-order valence-corrected chi connectivity index (χ0v) is 14.2. The topological polar surface area (TPSA) is 89.8 Å². The highest BCUT2D eigenvalue weighted by Crippen LogP contribution is 2.32. The van der Waals surface area contributed by atoms with Gasteiger partial charge in [-0.25, -0.2) is 0 Å². The molecule has 126 valence electrons. The fraction of sp³-hybridized carbons (Fsp3) is 0.250. The van der Waals surface area contributed by atoms with Gasteiger partial charge in [0.15, 0.2) is 21.9 Å². The molecule has 0 bridgehead atoms. The summed E-state index contributed by atoms with van der Waals surface area (Å²) in [7, 11) is 0. The van der Waals surface area contributed by atoms with Crippen molar-refractivity contribution in [2.75, 3.05) is 25.1 Å². The van der Waals surface area contributed by atoms with Crippen LogP contribution >= 0.6 is 15.9 Å². The summed E-state index contributed by atoms with van der Waals surface area (Å²) in [5, 5.41) is 5.18. The lowest BCUT2D eigenvalue weighted by molar-refractivity contribution is -0.115. The number of carbonyl (C=O) groups excluding carboxylic acids is 2. The summed E-state index contributed by atoms with van der Waals surface area (Å²) in [5.41, 5.74) is 0.569. The van der Waals surface area contributed by atoms with E-state index in [9.17, 15) is 9.59 Å². The van der Waals surface area contributed by atoms with E-state index < -0.39 is 5.91 Å². The predicted octanol–water partition coefficient (Wildman–Crippen LogP) is 2.57. The van der Waals surface area contributed by atoms with E-state index in [0.717, 1.165) is 6.42 Å². The smallest absolute Gasteiger partial charge is 0.287 e. The normalized spacial score (nSPS) is 13.0. The molecule has 0 atom stereocenters. The average molecular weight is 395 g/mol. The molecular formula is C16H15BrN2O5. The minimum Gasteiger partial charge on any atom is -0.490 e. The maximum absolute atomic E-state index is 12.0. The van der Waals surface area contributed by atoms with Crippen molar-refractivity contribution in [3.05, 3.63) is 40.8 Å². The van der Waals surface area contributed by atoms with Crippen LogP contribution in [0.5, 0.6) is 11.5 Å². The third-order valence-electron chi connectivity index (χ3n) is 3.24. The van der Waals surface area contributed by atoms with Gasteiger partial charge in [0.25, 0.3) is 5.91 Å². The van der Waals surface area contributed by atoms with E-state index in [-0.39, 0.29) is 18.2 Å². The fourth-order valence-electron chi connectivity index (χ4n) is 2.13. The number of halogens is 1. The summed E-state index contributed by atoms with van der Waals surface area (Å²) in [6, 6.07) is 8.28. The monoisotopic (exact) mass is 394 g/mol. The van der Waals surface area contributed by atoms with E-state index in [2.05, 4.69) is 26.6 Å². The summed E-state index contributed by atoms with van der Waals surface area (Å²) >= 11 is 3.11. The lowest BCUT2D eigenvalue weighted by Gasteiger charge is -2.10. The summed E-state index contributed by atoms with van der Waals surface area (Å²) in [5.74, 6) is 0.556. The molecule has 2 N–H and O–H groups in total. The third-order valence-corrected chi connectivity index (χ3v) is 3.66. The number of nitrogens with one attached hydrogen (secondary N) is 2. The molecule has 1 aromatic heterocycles. The SMILES string of the molecule is O=C(CNC(=O)c1ccc(Br)o1)Nc1ccc2c(c1)OCCCO2. The minimum atomic E-state index is -0.463. The first-order valence-electron chi connectivity index (χ1n) is 7.35. The van der Waals surface area contributed by atoms with Crippen molar-refractivity contribution >= 4 is 33.4 Å². The zero-order valence-electron chi connectivity index (χ0n) is 12.6. The molecule has 2 heterocycles. The number of hydrogen-bond donors (Lipinski definition) is 2. The number of rotatable bonds is 4. The van der Waals surface area contributed by atoms with Gasteiger partial charge in [0.1, 0.15) is 0 Å². The molecule has 24 heavy (non-hydrogen) atoms. The Bertz CT molecular complexity index is 759. The summed E-state index contributed by atoms with van der Waals surface area (Å²) in [4.78, 5) is 23.8. The highest BCUT2D eigenvalue weighted by Gasteiger charge is 2.14. The van der Waals surface area contributed by atoms with Gasteiger partial charge >= 0.3 is 0 Å². The molecule has 2 aromatic rings. The number of ether oxygens (including phenoxy) is 2. The van der Waals surface area contributed by atoms with E-state index >= 15 is 0 Å². The summed E-state index contributed by atoms with van der Waals surface area (Å²) in [6.07, 6.45) is 0.811. The van der Waals surface area contributed by atoms with Crippen molar-refractivity contribution in [1.29, 1.82) is 0 Å². The Hall–Kier alpha value is -2.48. The molecule has 8 heteroatoms. The molecule has 3 rings (SSSR count). The Kier molecular flexibility index (Phi) is 5.05. The van der Waals surface area contributed by atoms with E-state index in [0.29, 0.717) is 35.1 Å². The number of benzene rings is 1. The van der Waals surface area contributed by atoms with Crippen LogP contribution in [0, 0.1) is 0 Å². The lowest BCUT2D eigenvalue weighted by atomic mass is 10.2. The zero-order chi connectivity index (χ0) is 16.9. The molecule has 0 aliphatic carbocycles. The van der Waals surface area contributed by atoms with E-state index in [4.69, 9.17) is 13.9 Å². The maximum Gasteiger partial charge on any atom is 0.287 e. The highest BCUT2D eigenvalue weighted by atomic mass is 79.9. The van der Waals surface area contributed by atoms with Gasteiger partial charge in [-0.3, -0.25) is 9.59 Å².